The number of carbonyl (C=O) groups excluding carboxylic acids is 3. The van der Waals surface area contributed by atoms with Crippen molar-refractivity contribution in [3.05, 3.63) is 53.6 Å². The van der Waals surface area contributed by atoms with Gasteiger partial charge in [0.05, 0.1) is 19.3 Å². The second-order valence-corrected chi connectivity index (χ2v) is 6.88. The van der Waals surface area contributed by atoms with Gasteiger partial charge in [0.15, 0.2) is 23.9 Å². The number of unbranched alkanes of at least 4 members (excludes halogenated alkanes) is 2. The first-order valence-electron chi connectivity index (χ1n) is 10.4. The molecule has 1 N–H and O–H groups in total. The van der Waals surface area contributed by atoms with Gasteiger partial charge in [-0.05, 0) is 55.8 Å². The molecule has 0 aliphatic heterocycles. The molecule has 31 heavy (non-hydrogen) atoms. The fourth-order valence-corrected chi connectivity index (χ4v) is 2.87. The molecule has 0 bridgehead atoms. The zero-order valence-electron chi connectivity index (χ0n) is 18.2. The molecule has 0 aromatic heterocycles. The van der Waals surface area contributed by atoms with E-state index in [1.807, 2.05) is 6.92 Å². The van der Waals surface area contributed by atoms with Gasteiger partial charge in [-0.3, -0.25) is 9.59 Å². The molecule has 2 aromatic carbocycles. The molecular formula is C24H29NO6. The maximum Gasteiger partial charge on any atom is 0.338 e. The molecule has 0 saturated heterocycles. The summed E-state index contributed by atoms with van der Waals surface area (Å²) < 4.78 is 15.8. The van der Waals surface area contributed by atoms with Gasteiger partial charge in [-0.25, -0.2) is 4.79 Å². The third-order valence-electron chi connectivity index (χ3n) is 4.53. The van der Waals surface area contributed by atoms with Crippen molar-refractivity contribution in [3.8, 4) is 11.5 Å². The highest BCUT2D eigenvalue weighted by Crippen LogP contribution is 2.28. The Labute approximate surface area is 182 Å². The lowest BCUT2D eigenvalue weighted by Crippen LogP contribution is -2.15. The van der Waals surface area contributed by atoms with Gasteiger partial charge < -0.3 is 19.5 Å². The number of hydrogen-bond donors (Lipinski definition) is 1. The van der Waals surface area contributed by atoms with Crippen LogP contribution >= 0.6 is 0 Å². The number of carbonyl (C=O) groups is 3. The molecule has 0 atom stereocenters. The minimum atomic E-state index is -0.634. The smallest absolute Gasteiger partial charge is 0.338 e. The fourth-order valence-electron chi connectivity index (χ4n) is 2.87. The lowest BCUT2D eigenvalue weighted by atomic mass is 10.1. The predicted molar refractivity (Wildman–Crippen MR) is 118 cm³/mol. The summed E-state index contributed by atoms with van der Waals surface area (Å²) in [7, 11) is 1.48. The lowest BCUT2D eigenvalue weighted by Gasteiger charge is -2.11. The zero-order valence-corrected chi connectivity index (χ0v) is 18.2. The number of hydrogen-bond acceptors (Lipinski definition) is 6. The molecule has 0 spiro atoms. The Balaban J connectivity index is 1.89. The van der Waals surface area contributed by atoms with Crippen molar-refractivity contribution in [1.29, 1.82) is 0 Å². The maximum atomic E-state index is 12.3. The second-order valence-electron chi connectivity index (χ2n) is 6.88. The summed E-state index contributed by atoms with van der Waals surface area (Å²) in [6, 6.07) is 11.2. The zero-order chi connectivity index (χ0) is 22.6. The van der Waals surface area contributed by atoms with Crippen LogP contribution in [0.25, 0.3) is 0 Å². The molecule has 0 unspecified atom stereocenters. The van der Waals surface area contributed by atoms with Crippen molar-refractivity contribution in [1.82, 2.24) is 0 Å². The molecule has 0 aliphatic rings. The van der Waals surface area contributed by atoms with Crippen molar-refractivity contribution >= 4 is 23.3 Å². The minimum absolute atomic E-state index is 0.0489. The molecule has 0 radical (unpaired) electrons. The van der Waals surface area contributed by atoms with Gasteiger partial charge in [-0.2, -0.15) is 0 Å². The Bertz CT molecular complexity index is 891. The van der Waals surface area contributed by atoms with Crippen LogP contribution in [0.1, 0.15) is 60.2 Å². The van der Waals surface area contributed by atoms with Gasteiger partial charge >= 0.3 is 5.97 Å². The third kappa shape index (κ3) is 7.44. The van der Waals surface area contributed by atoms with Gasteiger partial charge in [0.25, 0.3) is 0 Å². The molecular weight excluding hydrogens is 398 g/mol. The standard InChI is InChI=1S/C24H29NO6/c1-4-6-7-8-23(27)25-19-12-9-17(10-13-19)20(26)16-31-24(28)18-11-14-21(30-5-2)22(15-18)29-3/h9-15H,4-8,16H2,1-3H3,(H,25,27). The molecule has 0 heterocycles. The minimum Gasteiger partial charge on any atom is -0.493 e. The van der Waals surface area contributed by atoms with Gasteiger partial charge in [0.1, 0.15) is 0 Å². The van der Waals surface area contributed by atoms with Crippen LogP contribution in [0.2, 0.25) is 0 Å². The largest absolute Gasteiger partial charge is 0.493 e. The molecule has 0 aliphatic carbocycles. The number of methoxy groups -OCH3 is 1. The van der Waals surface area contributed by atoms with E-state index in [1.54, 1.807) is 36.4 Å². The average Bonchev–Trinajstić information content (AvgIpc) is 2.78. The Morgan fingerprint density at radius 1 is 0.903 bits per heavy atom. The number of Topliss-reactive ketones (excluding diaryl/α,β-unsaturated/α-hetero) is 1. The van der Waals surface area contributed by atoms with Gasteiger partial charge in [-0.15, -0.1) is 0 Å². The normalized spacial score (nSPS) is 10.3. The Hall–Kier alpha value is -3.35. The highest BCUT2D eigenvalue weighted by atomic mass is 16.5. The predicted octanol–water partition coefficient (Wildman–Crippen LogP) is 4.65. The van der Waals surface area contributed by atoms with Crippen LogP contribution in [0.4, 0.5) is 5.69 Å². The van der Waals surface area contributed by atoms with Gasteiger partial charge in [0, 0.05) is 17.7 Å². The number of amides is 1. The number of anilines is 1. The number of ether oxygens (including phenoxy) is 3. The highest BCUT2D eigenvalue weighted by molar-refractivity contribution is 6.00. The topological polar surface area (TPSA) is 90.9 Å². The van der Waals surface area contributed by atoms with Crippen molar-refractivity contribution in [2.24, 2.45) is 0 Å². The van der Waals surface area contributed by atoms with E-state index in [2.05, 4.69) is 12.2 Å². The van der Waals surface area contributed by atoms with Crippen LogP contribution < -0.4 is 14.8 Å². The SMILES string of the molecule is CCCCCC(=O)Nc1ccc(C(=O)COC(=O)c2ccc(OCC)c(OC)c2)cc1. The summed E-state index contributed by atoms with van der Waals surface area (Å²) in [6.45, 7) is 4.01. The number of rotatable bonds is 12. The van der Waals surface area contributed by atoms with Crippen LogP contribution in [-0.4, -0.2) is 38.0 Å². The molecule has 2 rings (SSSR count). The first-order valence-corrected chi connectivity index (χ1v) is 10.4. The third-order valence-corrected chi connectivity index (χ3v) is 4.53. The molecule has 2 aromatic rings. The number of benzene rings is 2. The summed E-state index contributed by atoms with van der Waals surface area (Å²) in [4.78, 5) is 36.5. The van der Waals surface area contributed by atoms with E-state index in [0.717, 1.165) is 19.3 Å². The fraction of sp³-hybridized carbons (Fsp3) is 0.375. The molecule has 0 fully saturated rings. The molecule has 1 amide bonds. The summed E-state index contributed by atoms with van der Waals surface area (Å²) in [5.74, 6) is -0.0879. The number of esters is 1. The number of ketones is 1. The first kappa shape index (κ1) is 23.9. The molecule has 166 valence electrons. The van der Waals surface area contributed by atoms with E-state index in [-0.39, 0.29) is 17.3 Å². The second kappa shape index (κ2) is 12.4. The Kier molecular flexibility index (Phi) is 9.55. The molecule has 7 heteroatoms. The van der Waals surface area contributed by atoms with Crippen molar-refractivity contribution in [3.63, 3.8) is 0 Å². The summed E-state index contributed by atoms with van der Waals surface area (Å²) >= 11 is 0. The van der Waals surface area contributed by atoms with E-state index < -0.39 is 12.6 Å². The summed E-state index contributed by atoms with van der Waals surface area (Å²) in [5.41, 5.74) is 1.27. The van der Waals surface area contributed by atoms with Crippen LogP contribution in [0.15, 0.2) is 42.5 Å². The van der Waals surface area contributed by atoms with Crippen molar-refractivity contribution in [2.75, 3.05) is 25.6 Å². The van der Waals surface area contributed by atoms with Gasteiger partial charge in [-0.1, -0.05) is 19.8 Å². The van der Waals surface area contributed by atoms with E-state index in [9.17, 15) is 14.4 Å². The van der Waals surface area contributed by atoms with Gasteiger partial charge in [0.2, 0.25) is 5.91 Å². The summed E-state index contributed by atoms with van der Waals surface area (Å²) in [5, 5.41) is 2.81. The lowest BCUT2D eigenvalue weighted by molar-refractivity contribution is -0.116. The van der Waals surface area contributed by atoms with Crippen molar-refractivity contribution in [2.45, 2.75) is 39.5 Å². The van der Waals surface area contributed by atoms with E-state index >= 15 is 0 Å². The van der Waals surface area contributed by atoms with E-state index in [1.165, 1.54) is 13.2 Å². The van der Waals surface area contributed by atoms with Crippen LogP contribution in [0, 0.1) is 0 Å². The maximum absolute atomic E-state index is 12.3. The molecule has 7 nitrogen and oxygen atoms in total. The quantitative estimate of drug-likeness (QED) is 0.301. The Morgan fingerprint density at radius 2 is 1.61 bits per heavy atom. The van der Waals surface area contributed by atoms with Crippen molar-refractivity contribution < 1.29 is 28.6 Å². The highest BCUT2D eigenvalue weighted by Gasteiger charge is 2.15. The molecule has 0 saturated carbocycles. The first-order chi connectivity index (χ1) is 15.0. The Morgan fingerprint density at radius 3 is 2.26 bits per heavy atom. The van der Waals surface area contributed by atoms with Crippen LogP contribution in [0.3, 0.4) is 0 Å². The van der Waals surface area contributed by atoms with E-state index in [0.29, 0.717) is 35.8 Å². The van der Waals surface area contributed by atoms with E-state index in [4.69, 9.17) is 14.2 Å². The van der Waals surface area contributed by atoms with Crippen LogP contribution in [0.5, 0.6) is 11.5 Å². The average molecular weight is 427 g/mol. The monoisotopic (exact) mass is 427 g/mol. The number of nitrogens with one attached hydrogen (secondary N) is 1. The summed E-state index contributed by atoms with van der Waals surface area (Å²) in [6.07, 6.45) is 3.40. The van der Waals surface area contributed by atoms with Crippen LogP contribution in [-0.2, 0) is 9.53 Å².